The van der Waals surface area contributed by atoms with Gasteiger partial charge in [0.2, 0.25) is 0 Å². The van der Waals surface area contributed by atoms with Gasteiger partial charge in [-0.25, -0.2) is 4.79 Å². The van der Waals surface area contributed by atoms with Gasteiger partial charge in [-0.2, -0.15) is 0 Å². The third kappa shape index (κ3) is 3.59. The van der Waals surface area contributed by atoms with E-state index in [1.807, 2.05) is 0 Å². The predicted molar refractivity (Wildman–Crippen MR) is 50.1 cm³/mol. The number of ether oxygens (including phenoxy) is 1. The van der Waals surface area contributed by atoms with Crippen LogP contribution in [-0.4, -0.2) is 12.5 Å². The molecule has 0 fully saturated rings. The van der Waals surface area contributed by atoms with Crippen molar-refractivity contribution >= 4 is 5.97 Å². The summed E-state index contributed by atoms with van der Waals surface area (Å²) < 4.78 is 14.1. The van der Waals surface area contributed by atoms with Gasteiger partial charge in [0.25, 0.3) is 0 Å². The number of rotatable bonds is 5. The van der Waals surface area contributed by atoms with E-state index in [1.54, 1.807) is 6.92 Å². The van der Waals surface area contributed by atoms with E-state index in [4.69, 9.17) is 10.5 Å². The van der Waals surface area contributed by atoms with Crippen molar-refractivity contribution in [3.05, 3.63) is 22.1 Å². The molecule has 6 nitrogen and oxygen atoms in total. The van der Waals surface area contributed by atoms with Crippen LogP contribution in [0.2, 0.25) is 0 Å². The Hall–Kier alpha value is -1.56. The zero-order valence-electron chi connectivity index (χ0n) is 8.45. The van der Waals surface area contributed by atoms with Gasteiger partial charge < -0.3 is 19.3 Å². The monoisotopic (exact) mass is 215 g/mol. The van der Waals surface area contributed by atoms with Crippen molar-refractivity contribution in [2.45, 2.75) is 26.4 Å². The standard InChI is InChI=1S/C9H13NO5/c1-6-7(15-9(12)14-6)5-13-8(11)3-2-4-10/h2-5,10H2,1H3. The van der Waals surface area contributed by atoms with Crippen LogP contribution in [0.4, 0.5) is 0 Å². The van der Waals surface area contributed by atoms with Crippen molar-refractivity contribution in [2.24, 2.45) is 5.73 Å². The van der Waals surface area contributed by atoms with Crippen molar-refractivity contribution in [3.8, 4) is 0 Å². The maximum atomic E-state index is 11.1. The number of carbonyl (C=O) groups is 1. The van der Waals surface area contributed by atoms with E-state index in [-0.39, 0.29) is 24.8 Å². The van der Waals surface area contributed by atoms with Gasteiger partial charge in [-0.3, -0.25) is 4.79 Å². The number of hydrogen-bond donors (Lipinski definition) is 1. The molecule has 0 radical (unpaired) electrons. The lowest BCUT2D eigenvalue weighted by Crippen LogP contribution is -2.08. The SMILES string of the molecule is Cc1oc(=O)oc1COC(=O)CCCN. The van der Waals surface area contributed by atoms with Crippen LogP contribution in [-0.2, 0) is 16.1 Å². The molecule has 1 aromatic heterocycles. The van der Waals surface area contributed by atoms with E-state index in [0.717, 1.165) is 0 Å². The highest BCUT2D eigenvalue weighted by Gasteiger charge is 2.10. The highest BCUT2D eigenvalue weighted by molar-refractivity contribution is 5.69. The zero-order chi connectivity index (χ0) is 11.3. The lowest BCUT2D eigenvalue weighted by molar-refractivity contribution is -0.145. The Morgan fingerprint density at radius 1 is 1.47 bits per heavy atom. The second kappa shape index (κ2) is 5.35. The van der Waals surface area contributed by atoms with Crippen LogP contribution in [0, 0.1) is 6.92 Å². The summed E-state index contributed by atoms with van der Waals surface area (Å²) in [6.07, 6.45) is 0.838. The Morgan fingerprint density at radius 3 is 2.73 bits per heavy atom. The first-order valence-electron chi connectivity index (χ1n) is 4.58. The molecule has 2 N–H and O–H groups in total. The van der Waals surface area contributed by atoms with Crippen LogP contribution in [0.1, 0.15) is 24.4 Å². The van der Waals surface area contributed by atoms with Gasteiger partial charge in [-0.05, 0) is 19.9 Å². The molecule has 0 amide bonds. The molecule has 0 atom stereocenters. The topological polar surface area (TPSA) is 95.7 Å². The molecule has 0 aromatic carbocycles. The summed E-state index contributed by atoms with van der Waals surface area (Å²) in [5.41, 5.74) is 5.23. The molecular weight excluding hydrogens is 202 g/mol. The summed E-state index contributed by atoms with van der Waals surface area (Å²) in [6.45, 7) is 1.92. The highest BCUT2D eigenvalue weighted by Crippen LogP contribution is 2.07. The van der Waals surface area contributed by atoms with Crippen LogP contribution in [0.25, 0.3) is 0 Å². The Kier molecular flexibility index (Phi) is 4.11. The zero-order valence-corrected chi connectivity index (χ0v) is 8.45. The van der Waals surface area contributed by atoms with Crippen LogP contribution >= 0.6 is 0 Å². The fraction of sp³-hybridized carbons (Fsp3) is 0.556. The first kappa shape index (κ1) is 11.5. The average molecular weight is 215 g/mol. The van der Waals surface area contributed by atoms with Crippen LogP contribution in [0.3, 0.4) is 0 Å². The minimum atomic E-state index is -0.791. The molecule has 0 unspecified atom stereocenters. The Labute approximate surface area is 86.0 Å². The van der Waals surface area contributed by atoms with Crippen molar-refractivity contribution < 1.29 is 18.4 Å². The minimum Gasteiger partial charge on any atom is -0.457 e. The summed E-state index contributed by atoms with van der Waals surface area (Å²) in [5, 5.41) is 0. The van der Waals surface area contributed by atoms with Crippen LogP contribution in [0.15, 0.2) is 13.6 Å². The molecule has 0 aliphatic carbocycles. The van der Waals surface area contributed by atoms with E-state index in [0.29, 0.717) is 18.7 Å². The highest BCUT2D eigenvalue weighted by atomic mass is 16.6. The molecule has 0 bridgehead atoms. The Bertz CT molecular complexity index is 378. The lowest BCUT2D eigenvalue weighted by Gasteiger charge is -2.01. The normalized spacial score (nSPS) is 10.3. The first-order valence-corrected chi connectivity index (χ1v) is 4.58. The van der Waals surface area contributed by atoms with E-state index in [9.17, 15) is 9.59 Å². The number of esters is 1. The van der Waals surface area contributed by atoms with Gasteiger partial charge in [0.05, 0.1) is 0 Å². The minimum absolute atomic E-state index is 0.0824. The quantitative estimate of drug-likeness (QED) is 0.711. The van der Waals surface area contributed by atoms with Gasteiger partial charge >= 0.3 is 11.8 Å². The molecule has 6 heteroatoms. The summed E-state index contributed by atoms with van der Waals surface area (Å²) in [5.74, 6) is -0.600. The Morgan fingerprint density at radius 2 is 2.20 bits per heavy atom. The molecule has 1 rings (SSSR count). The molecule has 0 saturated carbocycles. The van der Waals surface area contributed by atoms with Gasteiger partial charge in [0.1, 0.15) is 0 Å². The molecule has 1 heterocycles. The van der Waals surface area contributed by atoms with Crippen LogP contribution in [0.5, 0.6) is 0 Å². The van der Waals surface area contributed by atoms with E-state index >= 15 is 0 Å². The molecular formula is C9H13NO5. The summed E-state index contributed by atoms with van der Waals surface area (Å²) >= 11 is 0. The maximum absolute atomic E-state index is 11.1. The number of hydrogen-bond acceptors (Lipinski definition) is 6. The molecule has 0 saturated heterocycles. The first-order chi connectivity index (χ1) is 7.13. The van der Waals surface area contributed by atoms with Gasteiger partial charge in [0.15, 0.2) is 18.1 Å². The van der Waals surface area contributed by atoms with E-state index in [1.165, 1.54) is 0 Å². The number of aryl methyl sites for hydroxylation is 1. The van der Waals surface area contributed by atoms with Gasteiger partial charge in [-0.1, -0.05) is 0 Å². The van der Waals surface area contributed by atoms with Crippen molar-refractivity contribution in [3.63, 3.8) is 0 Å². The molecule has 84 valence electrons. The van der Waals surface area contributed by atoms with Crippen LogP contribution < -0.4 is 11.6 Å². The summed E-state index contributed by atoms with van der Waals surface area (Å²) in [6, 6.07) is 0. The smallest absolute Gasteiger partial charge is 0.457 e. The van der Waals surface area contributed by atoms with Crippen molar-refractivity contribution in [1.29, 1.82) is 0 Å². The third-order valence-electron chi connectivity index (χ3n) is 1.78. The van der Waals surface area contributed by atoms with E-state index in [2.05, 4.69) is 8.83 Å². The average Bonchev–Trinajstić information content (AvgIpc) is 2.51. The Balaban J connectivity index is 2.40. The van der Waals surface area contributed by atoms with Gasteiger partial charge in [-0.15, -0.1) is 0 Å². The second-order valence-corrected chi connectivity index (χ2v) is 2.99. The number of nitrogens with two attached hydrogens (primary N) is 1. The summed E-state index contributed by atoms with van der Waals surface area (Å²) in [7, 11) is 0. The lowest BCUT2D eigenvalue weighted by atomic mass is 10.3. The second-order valence-electron chi connectivity index (χ2n) is 2.99. The number of carbonyl (C=O) groups excluding carboxylic acids is 1. The van der Waals surface area contributed by atoms with E-state index < -0.39 is 5.82 Å². The fourth-order valence-electron chi connectivity index (χ4n) is 0.971. The fourth-order valence-corrected chi connectivity index (χ4v) is 0.971. The molecule has 15 heavy (non-hydrogen) atoms. The molecule has 0 aliphatic heterocycles. The maximum Gasteiger partial charge on any atom is 0.519 e. The largest absolute Gasteiger partial charge is 0.519 e. The van der Waals surface area contributed by atoms with Gasteiger partial charge in [0, 0.05) is 6.42 Å². The van der Waals surface area contributed by atoms with Crippen molar-refractivity contribution in [1.82, 2.24) is 0 Å². The molecule has 0 aliphatic rings. The van der Waals surface area contributed by atoms with Crippen molar-refractivity contribution in [2.75, 3.05) is 6.54 Å². The predicted octanol–water partition coefficient (Wildman–Crippen LogP) is 0.323. The molecule has 1 aromatic rings. The molecule has 0 spiro atoms. The summed E-state index contributed by atoms with van der Waals surface area (Å²) in [4.78, 5) is 21.7. The third-order valence-corrected chi connectivity index (χ3v) is 1.78.